The summed E-state index contributed by atoms with van der Waals surface area (Å²) in [4.78, 5) is 22.5. The van der Waals surface area contributed by atoms with Crippen molar-refractivity contribution in [2.75, 3.05) is 18.5 Å². The highest BCUT2D eigenvalue weighted by atomic mass is 16.5. The Morgan fingerprint density at radius 2 is 2.16 bits per heavy atom. The monoisotopic (exact) mass is 265 g/mol. The molecule has 5 heteroatoms. The average molecular weight is 265 g/mol. The van der Waals surface area contributed by atoms with Crippen LogP contribution < -0.4 is 5.32 Å². The Hall–Kier alpha value is -1.88. The van der Waals surface area contributed by atoms with E-state index in [1.807, 2.05) is 6.92 Å². The highest BCUT2D eigenvalue weighted by molar-refractivity contribution is 5.91. The third kappa shape index (κ3) is 5.09. The minimum absolute atomic E-state index is 0.145. The summed E-state index contributed by atoms with van der Waals surface area (Å²) in [6, 6.07) is 6.87. The van der Waals surface area contributed by atoms with Crippen LogP contribution in [0.2, 0.25) is 0 Å². The second-order valence-corrected chi connectivity index (χ2v) is 4.18. The van der Waals surface area contributed by atoms with E-state index in [1.54, 1.807) is 31.2 Å². The van der Waals surface area contributed by atoms with E-state index in [4.69, 9.17) is 9.84 Å². The molecule has 1 rings (SSSR count). The van der Waals surface area contributed by atoms with Crippen LogP contribution >= 0.6 is 0 Å². The maximum Gasteiger partial charge on any atom is 0.310 e. The third-order valence-electron chi connectivity index (χ3n) is 2.72. The van der Waals surface area contributed by atoms with Gasteiger partial charge in [-0.3, -0.25) is 9.59 Å². The molecule has 0 aliphatic carbocycles. The van der Waals surface area contributed by atoms with E-state index in [0.29, 0.717) is 24.5 Å². The van der Waals surface area contributed by atoms with Crippen molar-refractivity contribution in [1.29, 1.82) is 0 Å². The van der Waals surface area contributed by atoms with Crippen LogP contribution in [-0.4, -0.2) is 30.2 Å². The molecule has 1 aromatic carbocycles. The quantitative estimate of drug-likeness (QED) is 0.741. The van der Waals surface area contributed by atoms with Gasteiger partial charge in [0.25, 0.3) is 0 Å². The molecule has 1 unspecified atom stereocenters. The largest absolute Gasteiger partial charge is 0.481 e. The molecule has 1 aromatic rings. The fraction of sp³-hybridized carbons (Fsp3) is 0.429. The number of hydrogen-bond donors (Lipinski definition) is 2. The fourth-order valence-electron chi connectivity index (χ4n) is 1.56. The summed E-state index contributed by atoms with van der Waals surface area (Å²) in [6.45, 7) is 4.44. The Balaban J connectivity index is 2.62. The summed E-state index contributed by atoms with van der Waals surface area (Å²) in [5.41, 5.74) is 1.27. The van der Waals surface area contributed by atoms with Gasteiger partial charge in [0.2, 0.25) is 5.91 Å². The Morgan fingerprint density at radius 3 is 2.79 bits per heavy atom. The number of rotatable bonds is 7. The van der Waals surface area contributed by atoms with E-state index in [2.05, 4.69) is 5.32 Å². The lowest BCUT2D eigenvalue weighted by Crippen LogP contribution is -2.14. The Labute approximate surface area is 112 Å². The molecule has 0 heterocycles. The topological polar surface area (TPSA) is 75.6 Å². The molecule has 0 spiro atoms. The Bertz CT molecular complexity index is 445. The molecular formula is C14H19NO4. The van der Waals surface area contributed by atoms with Crippen molar-refractivity contribution in [1.82, 2.24) is 0 Å². The molecule has 0 aromatic heterocycles. The van der Waals surface area contributed by atoms with Gasteiger partial charge in [-0.25, -0.2) is 0 Å². The highest BCUT2D eigenvalue weighted by Gasteiger charge is 2.14. The van der Waals surface area contributed by atoms with Gasteiger partial charge < -0.3 is 15.2 Å². The van der Waals surface area contributed by atoms with Crippen LogP contribution in [0.1, 0.15) is 31.7 Å². The molecule has 2 N–H and O–H groups in total. The van der Waals surface area contributed by atoms with Gasteiger partial charge in [-0.2, -0.15) is 0 Å². The van der Waals surface area contributed by atoms with Crippen LogP contribution in [0.3, 0.4) is 0 Å². The fourth-order valence-corrected chi connectivity index (χ4v) is 1.56. The first-order chi connectivity index (χ1) is 9.04. The van der Waals surface area contributed by atoms with Crippen molar-refractivity contribution in [3.8, 4) is 0 Å². The predicted octanol–water partition coefficient (Wildman–Crippen LogP) is 2.24. The molecule has 5 nitrogen and oxygen atoms in total. The summed E-state index contributed by atoms with van der Waals surface area (Å²) in [5, 5.41) is 11.7. The molecule has 1 amide bonds. The van der Waals surface area contributed by atoms with Crippen LogP contribution in [0.15, 0.2) is 24.3 Å². The van der Waals surface area contributed by atoms with E-state index < -0.39 is 11.9 Å². The zero-order valence-corrected chi connectivity index (χ0v) is 11.2. The number of hydrogen-bond acceptors (Lipinski definition) is 3. The maximum atomic E-state index is 11.6. The molecule has 19 heavy (non-hydrogen) atoms. The Morgan fingerprint density at radius 1 is 1.42 bits per heavy atom. The zero-order chi connectivity index (χ0) is 14.3. The number of benzene rings is 1. The maximum absolute atomic E-state index is 11.6. The summed E-state index contributed by atoms with van der Waals surface area (Å²) in [6.07, 6.45) is 0.284. The number of anilines is 1. The standard InChI is InChI=1S/C14H19NO4/c1-3-19-8-7-13(16)15-12-6-4-5-11(9-12)10(2)14(17)18/h4-6,9-10H,3,7-8H2,1-2H3,(H,15,16)(H,17,18). The molecule has 0 aliphatic heterocycles. The summed E-state index contributed by atoms with van der Waals surface area (Å²) in [5.74, 6) is -1.63. The van der Waals surface area contributed by atoms with Crippen molar-refractivity contribution >= 4 is 17.6 Å². The summed E-state index contributed by atoms with van der Waals surface area (Å²) >= 11 is 0. The van der Waals surface area contributed by atoms with Gasteiger partial charge in [0.1, 0.15) is 0 Å². The third-order valence-corrected chi connectivity index (χ3v) is 2.72. The second-order valence-electron chi connectivity index (χ2n) is 4.18. The van der Waals surface area contributed by atoms with Crippen LogP contribution in [0.4, 0.5) is 5.69 Å². The molecule has 0 fully saturated rings. The minimum atomic E-state index is -0.889. The Kier molecular flexibility index (Phi) is 6.02. The van der Waals surface area contributed by atoms with Crippen LogP contribution in [0, 0.1) is 0 Å². The van der Waals surface area contributed by atoms with Crippen molar-refractivity contribution in [3.05, 3.63) is 29.8 Å². The van der Waals surface area contributed by atoms with E-state index in [9.17, 15) is 9.59 Å². The molecule has 104 valence electrons. The number of carboxylic acids is 1. The molecule has 0 radical (unpaired) electrons. The lowest BCUT2D eigenvalue weighted by atomic mass is 10.0. The average Bonchev–Trinajstić information content (AvgIpc) is 2.38. The first-order valence-electron chi connectivity index (χ1n) is 6.25. The van der Waals surface area contributed by atoms with Gasteiger partial charge in [-0.15, -0.1) is 0 Å². The number of carbonyl (C=O) groups excluding carboxylic acids is 1. The van der Waals surface area contributed by atoms with Gasteiger partial charge in [0, 0.05) is 12.3 Å². The van der Waals surface area contributed by atoms with E-state index in [-0.39, 0.29) is 12.3 Å². The second kappa shape index (κ2) is 7.53. The number of amides is 1. The van der Waals surface area contributed by atoms with Gasteiger partial charge in [0.15, 0.2) is 0 Å². The van der Waals surface area contributed by atoms with Gasteiger partial charge in [0.05, 0.1) is 18.9 Å². The molecule has 0 aliphatic rings. The predicted molar refractivity (Wildman–Crippen MR) is 72.2 cm³/mol. The first-order valence-corrected chi connectivity index (χ1v) is 6.25. The lowest BCUT2D eigenvalue weighted by molar-refractivity contribution is -0.138. The molecular weight excluding hydrogens is 246 g/mol. The van der Waals surface area contributed by atoms with Gasteiger partial charge >= 0.3 is 5.97 Å². The van der Waals surface area contributed by atoms with E-state index >= 15 is 0 Å². The van der Waals surface area contributed by atoms with Crippen molar-refractivity contribution in [2.45, 2.75) is 26.2 Å². The lowest BCUT2D eigenvalue weighted by Gasteiger charge is -2.10. The highest BCUT2D eigenvalue weighted by Crippen LogP contribution is 2.19. The number of carbonyl (C=O) groups is 2. The van der Waals surface area contributed by atoms with Gasteiger partial charge in [-0.05, 0) is 31.5 Å². The summed E-state index contributed by atoms with van der Waals surface area (Å²) < 4.78 is 5.10. The number of ether oxygens (including phenoxy) is 1. The molecule has 0 saturated carbocycles. The van der Waals surface area contributed by atoms with Crippen LogP contribution in [-0.2, 0) is 14.3 Å². The SMILES string of the molecule is CCOCCC(=O)Nc1cccc(C(C)C(=O)O)c1. The normalized spacial score (nSPS) is 11.9. The van der Waals surface area contributed by atoms with Gasteiger partial charge in [-0.1, -0.05) is 12.1 Å². The smallest absolute Gasteiger partial charge is 0.310 e. The number of nitrogens with one attached hydrogen (secondary N) is 1. The zero-order valence-electron chi connectivity index (χ0n) is 11.2. The van der Waals surface area contributed by atoms with Crippen molar-refractivity contribution < 1.29 is 19.4 Å². The molecule has 1 atom stereocenters. The molecule has 0 saturated heterocycles. The number of carboxylic acid groups (broad SMARTS) is 1. The van der Waals surface area contributed by atoms with E-state index in [0.717, 1.165) is 0 Å². The van der Waals surface area contributed by atoms with Crippen LogP contribution in [0.25, 0.3) is 0 Å². The molecule has 0 bridgehead atoms. The van der Waals surface area contributed by atoms with E-state index in [1.165, 1.54) is 0 Å². The van der Waals surface area contributed by atoms with Crippen molar-refractivity contribution in [2.24, 2.45) is 0 Å². The van der Waals surface area contributed by atoms with Crippen LogP contribution in [0.5, 0.6) is 0 Å². The minimum Gasteiger partial charge on any atom is -0.481 e. The number of aliphatic carboxylic acids is 1. The van der Waals surface area contributed by atoms with Crippen molar-refractivity contribution in [3.63, 3.8) is 0 Å². The summed E-state index contributed by atoms with van der Waals surface area (Å²) in [7, 11) is 0. The first kappa shape index (κ1) is 15.2.